The van der Waals surface area contributed by atoms with Crippen molar-refractivity contribution in [3.63, 3.8) is 0 Å². The summed E-state index contributed by atoms with van der Waals surface area (Å²) in [5.41, 5.74) is 0.0909. The van der Waals surface area contributed by atoms with Crippen molar-refractivity contribution in [1.29, 1.82) is 0 Å². The summed E-state index contributed by atoms with van der Waals surface area (Å²) < 4.78 is 40.2. The minimum atomic E-state index is -1.74. The highest BCUT2D eigenvalue weighted by Gasteiger charge is 2.35. The molecule has 4 rings (SSSR count). The molecule has 8 nitrogen and oxygen atoms in total. The second-order valence-electron chi connectivity index (χ2n) is 11.4. The summed E-state index contributed by atoms with van der Waals surface area (Å²) in [5, 5.41) is 19.2. The molecule has 0 aliphatic heterocycles. The Labute approximate surface area is 252 Å². The van der Waals surface area contributed by atoms with Gasteiger partial charge in [-0.1, -0.05) is 23.7 Å². The van der Waals surface area contributed by atoms with Gasteiger partial charge < -0.3 is 29.3 Å². The first-order valence-electron chi connectivity index (χ1n) is 13.6. The van der Waals surface area contributed by atoms with Gasteiger partial charge in [0, 0.05) is 31.2 Å². The first-order valence-corrected chi connectivity index (χ1v) is 14.8. The predicted molar refractivity (Wildman–Crippen MR) is 159 cm³/mol. The molecule has 0 saturated heterocycles. The molecule has 3 aromatic rings. The van der Waals surface area contributed by atoms with Crippen LogP contribution in [-0.2, 0) is 11.3 Å². The second kappa shape index (κ2) is 12.7. The van der Waals surface area contributed by atoms with E-state index in [1.807, 2.05) is 0 Å². The Balaban J connectivity index is 1.67. The van der Waals surface area contributed by atoms with Crippen molar-refractivity contribution in [1.82, 2.24) is 9.80 Å². The Morgan fingerprint density at radius 3 is 2.26 bits per heavy atom. The van der Waals surface area contributed by atoms with Crippen molar-refractivity contribution in [3.8, 4) is 5.75 Å². The van der Waals surface area contributed by atoms with Crippen molar-refractivity contribution in [2.45, 2.75) is 70.7 Å². The maximum absolute atomic E-state index is 14.6. The monoisotopic (exact) mass is 622 g/mol. The van der Waals surface area contributed by atoms with Gasteiger partial charge >= 0.3 is 13.2 Å². The van der Waals surface area contributed by atoms with Crippen LogP contribution in [0.2, 0.25) is 5.02 Å². The molecule has 0 unspecified atom stereocenters. The van der Waals surface area contributed by atoms with Gasteiger partial charge in [-0.05, 0) is 70.1 Å². The molecule has 13 heteroatoms. The zero-order valence-corrected chi connectivity index (χ0v) is 25.7. The van der Waals surface area contributed by atoms with Crippen LogP contribution in [0.15, 0.2) is 30.3 Å². The third-order valence-corrected chi connectivity index (χ3v) is 9.09. The van der Waals surface area contributed by atoms with Crippen LogP contribution in [0.5, 0.6) is 5.75 Å². The van der Waals surface area contributed by atoms with Gasteiger partial charge in [0.2, 0.25) is 0 Å². The Kier molecular flexibility index (Phi) is 9.71. The normalized spacial score (nSPS) is 17.2. The zero-order valence-electron chi connectivity index (χ0n) is 24.1. The van der Waals surface area contributed by atoms with Crippen molar-refractivity contribution in [2.75, 3.05) is 14.2 Å². The van der Waals surface area contributed by atoms with E-state index in [-0.39, 0.29) is 44.1 Å². The summed E-state index contributed by atoms with van der Waals surface area (Å²) >= 11 is 7.29. The van der Waals surface area contributed by atoms with Crippen molar-refractivity contribution in [3.05, 3.63) is 57.4 Å². The van der Waals surface area contributed by atoms with E-state index in [4.69, 9.17) is 21.1 Å². The average Bonchev–Trinajstić information content (AvgIpc) is 3.30. The molecular weight excluding hydrogens is 589 g/mol. The number of methoxy groups -OCH3 is 1. The number of hydrogen-bond acceptors (Lipinski definition) is 7. The number of amides is 2. The van der Waals surface area contributed by atoms with Crippen LogP contribution in [0.25, 0.3) is 10.1 Å². The molecule has 1 aliphatic rings. The number of hydrogen-bond donors (Lipinski definition) is 2. The number of halogens is 3. The van der Waals surface area contributed by atoms with Crippen LogP contribution in [0, 0.1) is 11.6 Å². The lowest BCUT2D eigenvalue weighted by Gasteiger charge is -2.40. The molecule has 2 amide bonds. The number of nitrogens with zero attached hydrogens (tertiary/aromatic N) is 2. The van der Waals surface area contributed by atoms with Gasteiger partial charge in [0.15, 0.2) is 0 Å². The molecule has 1 aromatic heterocycles. The minimum absolute atomic E-state index is 0.000905. The lowest BCUT2D eigenvalue weighted by Crippen LogP contribution is -2.47. The van der Waals surface area contributed by atoms with Gasteiger partial charge in [0.1, 0.15) is 27.9 Å². The molecule has 0 spiro atoms. The fourth-order valence-electron chi connectivity index (χ4n) is 5.24. The summed E-state index contributed by atoms with van der Waals surface area (Å²) in [5.74, 6) is -1.49. The van der Waals surface area contributed by atoms with E-state index < -0.39 is 36.4 Å². The van der Waals surface area contributed by atoms with Gasteiger partial charge in [-0.2, -0.15) is 0 Å². The first-order chi connectivity index (χ1) is 19.7. The Morgan fingerprint density at radius 2 is 1.69 bits per heavy atom. The number of ether oxygens (including phenoxy) is 2. The van der Waals surface area contributed by atoms with Crippen LogP contribution in [-0.4, -0.2) is 70.8 Å². The molecule has 1 fully saturated rings. The van der Waals surface area contributed by atoms with Crippen molar-refractivity contribution in [2.24, 2.45) is 0 Å². The molecule has 0 atom stereocenters. The smallest absolute Gasteiger partial charge is 0.488 e. The number of carbonyl (C=O) groups excluding carboxylic acids is 2. The maximum Gasteiger partial charge on any atom is 0.488 e. The quantitative estimate of drug-likeness (QED) is 0.345. The number of carbonyl (C=O) groups is 2. The van der Waals surface area contributed by atoms with Crippen molar-refractivity contribution < 1.29 is 37.9 Å². The van der Waals surface area contributed by atoms with Crippen LogP contribution in [0.4, 0.5) is 13.6 Å². The SMILES string of the molecule is COc1ccc(B(O)O)cc1CN(C(=O)c1sc2c(F)ccc(F)c2c1Cl)[C@H]1CC[C@H](N(C)C(=O)OC(C)(C)C)CC1. The lowest BCUT2D eigenvalue weighted by molar-refractivity contribution is 0.0144. The van der Waals surface area contributed by atoms with Crippen LogP contribution >= 0.6 is 22.9 Å². The third kappa shape index (κ3) is 6.83. The van der Waals surface area contributed by atoms with Gasteiger partial charge in [0.25, 0.3) is 5.91 Å². The summed E-state index contributed by atoms with van der Waals surface area (Å²) in [6, 6.07) is 6.17. The van der Waals surface area contributed by atoms with E-state index in [9.17, 15) is 28.4 Å². The zero-order chi connectivity index (χ0) is 30.9. The number of thiophene rings is 1. The Bertz CT molecular complexity index is 1470. The fraction of sp³-hybridized carbons (Fsp3) is 0.448. The minimum Gasteiger partial charge on any atom is -0.496 e. The third-order valence-electron chi connectivity index (χ3n) is 7.42. The molecule has 226 valence electrons. The van der Waals surface area contributed by atoms with E-state index in [0.29, 0.717) is 37.0 Å². The highest BCUT2D eigenvalue weighted by atomic mass is 35.5. The summed E-state index contributed by atoms with van der Waals surface area (Å²) in [6.07, 6.45) is 1.79. The average molecular weight is 623 g/mol. The molecule has 1 aliphatic carbocycles. The molecule has 1 heterocycles. The van der Waals surface area contributed by atoms with Crippen LogP contribution < -0.4 is 10.2 Å². The van der Waals surface area contributed by atoms with E-state index in [1.165, 1.54) is 19.2 Å². The fourth-order valence-corrected chi connectivity index (χ4v) is 6.74. The van der Waals surface area contributed by atoms with Crippen molar-refractivity contribution >= 4 is 57.6 Å². The van der Waals surface area contributed by atoms with Gasteiger partial charge in [-0.15, -0.1) is 11.3 Å². The molecule has 2 N–H and O–H groups in total. The largest absolute Gasteiger partial charge is 0.496 e. The Morgan fingerprint density at radius 1 is 1.07 bits per heavy atom. The predicted octanol–water partition coefficient (Wildman–Crippen LogP) is 5.34. The molecule has 0 bridgehead atoms. The topological polar surface area (TPSA) is 99.5 Å². The molecular formula is C29H34BClF2N2O6S. The maximum atomic E-state index is 14.6. The van der Waals surface area contributed by atoms with E-state index in [0.717, 1.165) is 23.5 Å². The van der Waals surface area contributed by atoms with E-state index in [2.05, 4.69) is 0 Å². The summed E-state index contributed by atoms with van der Waals surface area (Å²) in [6.45, 7) is 5.41. The molecule has 42 heavy (non-hydrogen) atoms. The molecule has 0 radical (unpaired) electrons. The standard InChI is InChI=1S/C29H34BClF2N2O6S/c1-29(2,3)41-28(37)34(4)18-7-9-19(10-8-18)35(15-16-14-17(30(38)39)6-13-22(16)40-5)27(36)26-24(31)23-20(32)11-12-21(33)25(23)42-26/h6,11-14,18-19,38-39H,7-10,15H2,1-5H3/t18-,19-. The molecule has 1 saturated carbocycles. The first kappa shape index (κ1) is 32.0. The molecule has 2 aromatic carbocycles. The number of benzene rings is 2. The lowest BCUT2D eigenvalue weighted by atomic mass is 9.79. The van der Waals surface area contributed by atoms with Gasteiger partial charge in [-0.3, -0.25) is 4.79 Å². The van der Waals surface area contributed by atoms with E-state index in [1.54, 1.807) is 43.7 Å². The highest BCUT2D eigenvalue weighted by molar-refractivity contribution is 7.21. The number of rotatable bonds is 7. The van der Waals surface area contributed by atoms with Gasteiger partial charge in [0.05, 0.1) is 22.2 Å². The van der Waals surface area contributed by atoms with E-state index >= 15 is 0 Å². The summed E-state index contributed by atoms with van der Waals surface area (Å²) in [4.78, 5) is 30.0. The number of fused-ring (bicyclic) bond motifs is 1. The Hall–Kier alpha value is -2.93. The highest BCUT2D eigenvalue weighted by Crippen LogP contribution is 2.40. The van der Waals surface area contributed by atoms with Gasteiger partial charge in [-0.25, -0.2) is 13.6 Å². The van der Waals surface area contributed by atoms with Crippen LogP contribution in [0.1, 0.15) is 61.7 Å². The second-order valence-corrected chi connectivity index (χ2v) is 12.8. The summed E-state index contributed by atoms with van der Waals surface area (Å²) in [7, 11) is 1.42. The van der Waals surface area contributed by atoms with Crippen LogP contribution in [0.3, 0.4) is 0 Å².